The van der Waals surface area contributed by atoms with Crippen LogP contribution in [0.4, 0.5) is 0 Å². The van der Waals surface area contributed by atoms with E-state index in [0.29, 0.717) is 12.6 Å². The maximum Gasteiger partial charge on any atom is 0.191 e. The molecule has 1 aliphatic heterocycles. The zero-order valence-electron chi connectivity index (χ0n) is 19.9. The summed E-state index contributed by atoms with van der Waals surface area (Å²) in [6.07, 6.45) is 4.92. The lowest BCUT2D eigenvalue weighted by Gasteiger charge is -2.33. The van der Waals surface area contributed by atoms with Crippen molar-refractivity contribution in [2.24, 2.45) is 4.99 Å². The van der Waals surface area contributed by atoms with Crippen LogP contribution in [0.15, 0.2) is 23.2 Å². The van der Waals surface area contributed by atoms with Gasteiger partial charge in [0.1, 0.15) is 0 Å². The first-order valence-electron chi connectivity index (χ1n) is 11.4. The van der Waals surface area contributed by atoms with Crippen LogP contribution < -0.4 is 20.1 Å². The van der Waals surface area contributed by atoms with Crippen molar-refractivity contribution in [1.29, 1.82) is 0 Å². The monoisotopic (exact) mass is 418 g/mol. The van der Waals surface area contributed by atoms with E-state index >= 15 is 0 Å². The normalized spacial score (nSPS) is 16.4. The van der Waals surface area contributed by atoms with E-state index in [2.05, 4.69) is 55.4 Å². The number of likely N-dealkylation sites (tertiary alicyclic amines) is 1. The van der Waals surface area contributed by atoms with E-state index in [1.807, 2.05) is 6.07 Å². The molecule has 6 nitrogen and oxygen atoms in total. The molecule has 30 heavy (non-hydrogen) atoms. The van der Waals surface area contributed by atoms with Gasteiger partial charge in [-0.05, 0) is 50.4 Å². The first-order chi connectivity index (χ1) is 14.4. The van der Waals surface area contributed by atoms with Gasteiger partial charge in [0.25, 0.3) is 0 Å². The Hall–Kier alpha value is -1.95. The number of piperidine rings is 1. The molecule has 1 aliphatic rings. The molecule has 170 valence electrons. The molecule has 0 radical (unpaired) electrons. The highest BCUT2D eigenvalue weighted by Gasteiger charge is 2.23. The van der Waals surface area contributed by atoms with Gasteiger partial charge in [0, 0.05) is 31.1 Å². The van der Waals surface area contributed by atoms with Gasteiger partial charge in [-0.1, -0.05) is 33.3 Å². The smallest absolute Gasteiger partial charge is 0.191 e. The summed E-state index contributed by atoms with van der Waals surface area (Å²) < 4.78 is 10.9. The van der Waals surface area contributed by atoms with Crippen molar-refractivity contribution in [1.82, 2.24) is 15.5 Å². The molecule has 6 heteroatoms. The van der Waals surface area contributed by atoms with Crippen LogP contribution in [0.1, 0.15) is 58.9 Å². The largest absolute Gasteiger partial charge is 0.493 e. The van der Waals surface area contributed by atoms with E-state index in [4.69, 9.17) is 14.5 Å². The average molecular weight is 419 g/mol. The Bertz CT molecular complexity index is 667. The number of aliphatic imine (C=N–C) groups is 1. The molecular formula is C24H42N4O2. The molecule has 0 saturated carbocycles. The van der Waals surface area contributed by atoms with Crippen LogP contribution in [0.2, 0.25) is 0 Å². The lowest BCUT2D eigenvalue weighted by molar-refractivity contribution is 0.203. The molecule has 0 unspecified atom stereocenters. The molecule has 1 aromatic rings. The Morgan fingerprint density at radius 3 is 2.43 bits per heavy atom. The van der Waals surface area contributed by atoms with Crippen LogP contribution in [0.25, 0.3) is 0 Å². The van der Waals surface area contributed by atoms with Gasteiger partial charge in [-0.3, -0.25) is 4.99 Å². The lowest BCUT2D eigenvalue weighted by Crippen LogP contribution is -2.49. The minimum Gasteiger partial charge on any atom is -0.493 e. The zero-order chi connectivity index (χ0) is 22.0. The number of ether oxygens (including phenoxy) is 2. The maximum absolute atomic E-state index is 5.48. The fourth-order valence-electron chi connectivity index (χ4n) is 3.82. The number of benzene rings is 1. The van der Waals surface area contributed by atoms with Gasteiger partial charge in [0.05, 0.1) is 20.8 Å². The summed E-state index contributed by atoms with van der Waals surface area (Å²) in [5.41, 5.74) is 1.06. The third kappa shape index (κ3) is 7.08. The third-order valence-corrected chi connectivity index (χ3v) is 5.90. The number of unbranched alkanes of at least 4 members (excludes halogenated alkanes) is 1. The minimum absolute atomic E-state index is 0.120. The van der Waals surface area contributed by atoms with E-state index in [-0.39, 0.29) is 5.41 Å². The fourth-order valence-corrected chi connectivity index (χ4v) is 3.82. The van der Waals surface area contributed by atoms with Crippen molar-refractivity contribution in [3.63, 3.8) is 0 Å². The summed E-state index contributed by atoms with van der Waals surface area (Å²) in [6, 6.07) is 6.62. The van der Waals surface area contributed by atoms with Gasteiger partial charge < -0.3 is 25.0 Å². The molecule has 0 spiro atoms. The van der Waals surface area contributed by atoms with E-state index in [1.165, 1.54) is 50.9 Å². The molecule has 2 rings (SSSR count). The zero-order valence-corrected chi connectivity index (χ0v) is 19.9. The van der Waals surface area contributed by atoms with Crippen molar-refractivity contribution in [2.75, 3.05) is 46.9 Å². The summed E-state index contributed by atoms with van der Waals surface area (Å²) in [5, 5.41) is 7.09. The van der Waals surface area contributed by atoms with Crippen LogP contribution >= 0.6 is 0 Å². The molecule has 0 atom stereocenters. The summed E-state index contributed by atoms with van der Waals surface area (Å²) in [6.45, 7) is 13.9. The number of guanidine groups is 1. The molecule has 1 saturated heterocycles. The van der Waals surface area contributed by atoms with Crippen LogP contribution in [-0.4, -0.2) is 63.8 Å². The molecule has 1 aromatic carbocycles. The molecule has 0 bridgehead atoms. The Morgan fingerprint density at radius 2 is 1.83 bits per heavy atom. The molecular weight excluding hydrogens is 376 g/mol. The van der Waals surface area contributed by atoms with E-state index in [9.17, 15) is 0 Å². The SMILES string of the molecule is CCCCN1CCC(NC(=NCC(C)(C)c2ccc(OC)c(OC)c2)NCC)CC1. The Kier molecular flexibility index (Phi) is 9.76. The maximum atomic E-state index is 5.48. The van der Waals surface area contributed by atoms with Crippen LogP contribution in [0.5, 0.6) is 11.5 Å². The number of hydrogen-bond acceptors (Lipinski definition) is 4. The second-order valence-electron chi connectivity index (χ2n) is 8.76. The van der Waals surface area contributed by atoms with Gasteiger partial charge >= 0.3 is 0 Å². The first kappa shape index (κ1) is 24.3. The number of hydrogen-bond donors (Lipinski definition) is 2. The predicted octanol–water partition coefficient (Wildman–Crippen LogP) is 3.80. The van der Waals surface area contributed by atoms with Crippen molar-refractivity contribution in [2.45, 2.75) is 64.8 Å². The molecule has 1 heterocycles. The van der Waals surface area contributed by atoms with Crippen molar-refractivity contribution in [3.05, 3.63) is 23.8 Å². The van der Waals surface area contributed by atoms with Crippen LogP contribution in [-0.2, 0) is 5.41 Å². The number of nitrogens with zero attached hydrogens (tertiary/aromatic N) is 2. The second-order valence-corrected chi connectivity index (χ2v) is 8.76. The van der Waals surface area contributed by atoms with Crippen LogP contribution in [0.3, 0.4) is 0 Å². The molecule has 1 fully saturated rings. The van der Waals surface area contributed by atoms with E-state index in [0.717, 1.165) is 24.0 Å². The Labute approximate surface area is 183 Å². The highest BCUT2D eigenvalue weighted by Crippen LogP contribution is 2.33. The second kappa shape index (κ2) is 12.0. The highest BCUT2D eigenvalue weighted by molar-refractivity contribution is 5.80. The molecule has 0 amide bonds. The number of methoxy groups -OCH3 is 2. The quantitative estimate of drug-likeness (QED) is 0.447. The first-order valence-corrected chi connectivity index (χ1v) is 11.4. The van der Waals surface area contributed by atoms with Gasteiger partial charge in [-0.15, -0.1) is 0 Å². The van der Waals surface area contributed by atoms with Crippen molar-refractivity contribution >= 4 is 5.96 Å². The van der Waals surface area contributed by atoms with Crippen LogP contribution in [0, 0.1) is 0 Å². The predicted molar refractivity (Wildman–Crippen MR) is 126 cm³/mol. The molecule has 2 N–H and O–H groups in total. The van der Waals surface area contributed by atoms with Gasteiger partial charge in [0.2, 0.25) is 0 Å². The fraction of sp³-hybridized carbons (Fsp3) is 0.708. The van der Waals surface area contributed by atoms with E-state index < -0.39 is 0 Å². The Morgan fingerprint density at radius 1 is 1.13 bits per heavy atom. The molecule has 0 aliphatic carbocycles. The van der Waals surface area contributed by atoms with Gasteiger partial charge in [0.15, 0.2) is 17.5 Å². The number of rotatable bonds is 10. The summed E-state index contributed by atoms with van der Waals surface area (Å²) in [7, 11) is 3.34. The van der Waals surface area contributed by atoms with Gasteiger partial charge in [-0.25, -0.2) is 0 Å². The average Bonchev–Trinajstić information content (AvgIpc) is 2.76. The lowest BCUT2D eigenvalue weighted by atomic mass is 9.84. The highest BCUT2D eigenvalue weighted by atomic mass is 16.5. The van der Waals surface area contributed by atoms with Crippen molar-refractivity contribution < 1.29 is 9.47 Å². The summed E-state index contributed by atoms with van der Waals surface area (Å²) >= 11 is 0. The van der Waals surface area contributed by atoms with E-state index in [1.54, 1.807) is 14.2 Å². The van der Waals surface area contributed by atoms with Gasteiger partial charge in [-0.2, -0.15) is 0 Å². The Balaban J connectivity index is 1.99. The third-order valence-electron chi connectivity index (χ3n) is 5.90. The minimum atomic E-state index is -0.120. The summed E-state index contributed by atoms with van der Waals surface area (Å²) in [5.74, 6) is 2.42. The number of nitrogens with one attached hydrogen (secondary N) is 2. The van der Waals surface area contributed by atoms with Crippen molar-refractivity contribution in [3.8, 4) is 11.5 Å². The standard InChI is InChI=1S/C24H42N4O2/c1-7-9-14-28-15-12-20(13-16-28)27-23(25-8-2)26-18-24(3,4)19-10-11-21(29-5)22(17-19)30-6/h10-11,17,20H,7-9,12-16,18H2,1-6H3,(H2,25,26,27). The topological polar surface area (TPSA) is 58.1 Å². The summed E-state index contributed by atoms with van der Waals surface area (Å²) in [4.78, 5) is 7.52. The molecule has 0 aromatic heterocycles.